The number of nitrogens with zero attached hydrogens (tertiary/aromatic N) is 1. The number of hydrogen-bond donors (Lipinski definition) is 2. The van der Waals surface area contributed by atoms with Crippen molar-refractivity contribution in [3.8, 4) is 0 Å². The van der Waals surface area contributed by atoms with Gasteiger partial charge < -0.3 is 14.3 Å². The molecule has 1 unspecified atom stereocenters. The van der Waals surface area contributed by atoms with Gasteiger partial charge in [-0.05, 0) is 25.5 Å². The Labute approximate surface area is 99.6 Å². The van der Waals surface area contributed by atoms with Crippen LogP contribution in [0.5, 0.6) is 0 Å². The van der Waals surface area contributed by atoms with Crippen LogP contribution in [0.15, 0.2) is 6.07 Å². The van der Waals surface area contributed by atoms with E-state index in [-0.39, 0.29) is 0 Å². The van der Waals surface area contributed by atoms with Gasteiger partial charge >= 0.3 is 0 Å². The smallest absolute Gasteiger partial charge is 0.104 e. The van der Waals surface area contributed by atoms with Gasteiger partial charge in [0, 0.05) is 16.3 Å². The Morgan fingerprint density at radius 3 is 2.88 bits per heavy atom. The highest BCUT2D eigenvalue weighted by atomic mass is 35.5. The van der Waals surface area contributed by atoms with Gasteiger partial charge in [-0.3, -0.25) is 4.21 Å². The molecule has 2 N–H and O–H groups in total. The van der Waals surface area contributed by atoms with Crippen LogP contribution in [-0.4, -0.2) is 18.7 Å². The Hall–Kier alpha value is -1.11. The molecule has 0 spiro atoms. The number of hydrogen-bond acceptors (Lipinski definition) is 3. The second kappa shape index (κ2) is 4.04. The minimum Gasteiger partial charge on any atom is -0.755 e. The van der Waals surface area contributed by atoms with E-state index in [9.17, 15) is 8.76 Å². The van der Waals surface area contributed by atoms with Crippen LogP contribution in [0.25, 0.3) is 11.0 Å². The normalized spacial score (nSPS) is 13.0. The van der Waals surface area contributed by atoms with Gasteiger partial charge in [-0.25, -0.2) is 4.98 Å². The van der Waals surface area contributed by atoms with Crippen molar-refractivity contribution < 1.29 is 8.76 Å². The summed E-state index contributed by atoms with van der Waals surface area (Å²) in [6, 6.07) is 1.56. The van der Waals surface area contributed by atoms with Crippen molar-refractivity contribution in [1.29, 1.82) is 0 Å². The van der Waals surface area contributed by atoms with Crippen molar-refractivity contribution in [2.24, 2.45) is 0 Å². The van der Waals surface area contributed by atoms with Gasteiger partial charge in [0.1, 0.15) is 5.82 Å². The molecule has 0 amide bonds. The molecular formula is C9H9ClN3O2S-. The second-order valence-corrected chi connectivity index (χ2v) is 4.49. The topological polar surface area (TPSA) is 80.8 Å². The molecule has 1 aromatic heterocycles. The molecule has 7 heteroatoms. The summed E-state index contributed by atoms with van der Waals surface area (Å²) in [7, 11) is 0. The summed E-state index contributed by atoms with van der Waals surface area (Å²) in [6.45, 7) is 3.63. The molecule has 16 heavy (non-hydrogen) atoms. The molecule has 0 aliphatic carbocycles. The molecule has 1 aromatic carbocycles. The first-order valence-corrected chi connectivity index (χ1v) is 5.95. The molecule has 2 aromatic rings. The van der Waals surface area contributed by atoms with Crippen LogP contribution in [0.1, 0.15) is 11.4 Å². The lowest BCUT2D eigenvalue weighted by Gasteiger charge is -2.11. The molecule has 0 aliphatic rings. The van der Waals surface area contributed by atoms with Gasteiger partial charge in [0.2, 0.25) is 0 Å². The number of aromatic amines is 1. The maximum absolute atomic E-state index is 10.6. The maximum Gasteiger partial charge on any atom is 0.104 e. The summed E-state index contributed by atoms with van der Waals surface area (Å²) in [5.74, 6) is 0.708. The number of H-pyrrole nitrogens is 1. The predicted octanol–water partition coefficient (Wildman–Crippen LogP) is 2.04. The van der Waals surface area contributed by atoms with E-state index in [0.29, 0.717) is 27.6 Å². The molecule has 0 fully saturated rings. The quantitative estimate of drug-likeness (QED) is 0.809. The third kappa shape index (κ3) is 1.91. The van der Waals surface area contributed by atoms with Crippen LogP contribution in [0.4, 0.5) is 5.69 Å². The minimum absolute atomic E-state index is 0.402. The van der Waals surface area contributed by atoms with Gasteiger partial charge in [0.05, 0.1) is 16.7 Å². The van der Waals surface area contributed by atoms with E-state index in [4.69, 9.17) is 11.6 Å². The molecular weight excluding hydrogens is 250 g/mol. The number of imidazole rings is 1. The van der Waals surface area contributed by atoms with E-state index in [1.807, 2.05) is 6.92 Å². The van der Waals surface area contributed by atoms with Crippen LogP contribution in [0.2, 0.25) is 5.02 Å². The molecule has 0 saturated carbocycles. The fourth-order valence-electron chi connectivity index (χ4n) is 1.55. The van der Waals surface area contributed by atoms with Gasteiger partial charge in [-0.2, -0.15) is 0 Å². The van der Waals surface area contributed by atoms with Crippen molar-refractivity contribution in [1.82, 2.24) is 9.97 Å². The van der Waals surface area contributed by atoms with Crippen LogP contribution in [0.3, 0.4) is 0 Å². The Morgan fingerprint density at radius 2 is 2.25 bits per heavy atom. The summed E-state index contributed by atoms with van der Waals surface area (Å²) in [4.78, 5) is 7.26. The summed E-state index contributed by atoms with van der Waals surface area (Å²) in [5, 5.41) is 0.479. The Balaban J connectivity index is 2.73. The fraction of sp³-hybridized carbons (Fsp3) is 0.222. The summed E-state index contributed by atoms with van der Waals surface area (Å²) >= 11 is 3.61. The lowest BCUT2D eigenvalue weighted by Crippen LogP contribution is -2.03. The van der Waals surface area contributed by atoms with E-state index in [1.54, 1.807) is 13.0 Å². The Kier molecular flexibility index (Phi) is 2.88. The minimum atomic E-state index is -2.38. The number of aryl methyl sites for hydroxylation is 2. The van der Waals surface area contributed by atoms with Crippen molar-refractivity contribution in [2.45, 2.75) is 13.8 Å². The van der Waals surface area contributed by atoms with Crippen LogP contribution < -0.4 is 4.72 Å². The first kappa shape index (κ1) is 11.4. The molecule has 86 valence electrons. The largest absolute Gasteiger partial charge is 0.755 e. The SMILES string of the molecule is Cc1nc2c(C)c(Cl)cc(NS(=O)[O-])c2[nH]1. The van der Waals surface area contributed by atoms with E-state index < -0.39 is 11.3 Å². The monoisotopic (exact) mass is 258 g/mol. The molecule has 1 atom stereocenters. The zero-order valence-corrected chi connectivity index (χ0v) is 10.2. The Bertz CT molecular complexity index is 582. The third-order valence-electron chi connectivity index (χ3n) is 2.27. The molecule has 5 nitrogen and oxygen atoms in total. The first-order chi connectivity index (χ1) is 7.49. The van der Waals surface area contributed by atoms with Crippen LogP contribution >= 0.6 is 11.6 Å². The zero-order chi connectivity index (χ0) is 11.9. The lowest BCUT2D eigenvalue weighted by molar-refractivity contribution is 0.542. The maximum atomic E-state index is 10.6. The van der Waals surface area contributed by atoms with Gasteiger partial charge in [0.25, 0.3) is 0 Å². The van der Waals surface area contributed by atoms with Gasteiger partial charge in [0.15, 0.2) is 0 Å². The molecule has 0 bridgehead atoms. The molecule has 2 rings (SSSR count). The Morgan fingerprint density at radius 1 is 1.56 bits per heavy atom. The molecule has 0 aliphatic heterocycles. The summed E-state index contributed by atoms with van der Waals surface area (Å²) < 4.78 is 23.5. The number of anilines is 1. The number of fused-ring (bicyclic) bond motifs is 1. The highest BCUT2D eigenvalue weighted by molar-refractivity contribution is 7.80. The van der Waals surface area contributed by atoms with E-state index >= 15 is 0 Å². The number of nitrogens with one attached hydrogen (secondary N) is 2. The second-order valence-electron chi connectivity index (χ2n) is 3.41. The third-order valence-corrected chi connectivity index (χ3v) is 3.05. The standard InChI is InChI=1S/C9H10ClN3O2S/c1-4-6(10)3-7(13-16(14)15)9-8(4)11-5(2)12-9/h3,13H,1-2H3,(H,11,12)(H,14,15)/p-1. The van der Waals surface area contributed by atoms with Crippen molar-refractivity contribution in [3.05, 3.63) is 22.5 Å². The van der Waals surface area contributed by atoms with E-state index in [1.165, 1.54) is 0 Å². The van der Waals surface area contributed by atoms with Crippen molar-refractivity contribution in [3.63, 3.8) is 0 Å². The van der Waals surface area contributed by atoms with Crippen LogP contribution in [-0.2, 0) is 11.3 Å². The summed E-state index contributed by atoms with van der Waals surface area (Å²) in [5.41, 5.74) is 2.55. The number of aromatic nitrogens is 2. The first-order valence-electron chi connectivity index (χ1n) is 4.50. The molecule has 0 radical (unpaired) electrons. The number of halogens is 1. The lowest BCUT2D eigenvalue weighted by atomic mass is 10.2. The number of benzene rings is 1. The highest BCUT2D eigenvalue weighted by Crippen LogP contribution is 2.30. The van der Waals surface area contributed by atoms with Gasteiger partial charge in [-0.1, -0.05) is 11.6 Å². The average molecular weight is 259 g/mol. The van der Waals surface area contributed by atoms with Crippen molar-refractivity contribution in [2.75, 3.05) is 4.72 Å². The average Bonchev–Trinajstić information content (AvgIpc) is 2.56. The number of rotatable bonds is 2. The molecule has 0 saturated heterocycles. The van der Waals surface area contributed by atoms with Crippen molar-refractivity contribution >= 4 is 39.6 Å². The van der Waals surface area contributed by atoms with Crippen LogP contribution in [0, 0.1) is 13.8 Å². The highest BCUT2D eigenvalue weighted by Gasteiger charge is 2.11. The molecule has 1 heterocycles. The zero-order valence-electron chi connectivity index (χ0n) is 8.63. The summed E-state index contributed by atoms with van der Waals surface area (Å²) in [6.07, 6.45) is 0. The van der Waals surface area contributed by atoms with E-state index in [2.05, 4.69) is 14.7 Å². The van der Waals surface area contributed by atoms with E-state index in [0.717, 1.165) is 5.56 Å². The predicted molar refractivity (Wildman–Crippen MR) is 63.1 cm³/mol. The van der Waals surface area contributed by atoms with Gasteiger partial charge in [-0.15, -0.1) is 0 Å². The fourth-order valence-corrected chi connectivity index (χ4v) is 2.09.